The van der Waals surface area contributed by atoms with Crippen LogP contribution in [-0.4, -0.2) is 82.3 Å². The molecule has 3 aromatic rings. The van der Waals surface area contributed by atoms with E-state index in [0.717, 1.165) is 22.6 Å². The quantitative estimate of drug-likeness (QED) is 0.169. The van der Waals surface area contributed by atoms with Crippen molar-refractivity contribution in [1.82, 2.24) is 24.6 Å². The van der Waals surface area contributed by atoms with Gasteiger partial charge in [0.15, 0.2) is 0 Å². The molecule has 1 fully saturated rings. The molecule has 0 saturated carbocycles. The fraction of sp³-hybridized carbons (Fsp3) is 0.464. The van der Waals surface area contributed by atoms with Crippen LogP contribution >= 0.6 is 11.8 Å². The lowest BCUT2D eigenvalue weighted by Crippen LogP contribution is -2.49. The van der Waals surface area contributed by atoms with Crippen LogP contribution < -0.4 is 15.2 Å². The van der Waals surface area contributed by atoms with Crippen LogP contribution in [0.4, 0.5) is 32.3 Å². The van der Waals surface area contributed by atoms with Crippen molar-refractivity contribution < 1.29 is 40.6 Å². The van der Waals surface area contributed by atoms with Gasteiger partial charge in [-0.15, -0.1) is 11.8 Å². The van der Waals surface area contributed by atoms with Crippen LogP contribution in [0.5, 0.6) is 5.75 Å². The summed E-state index contributed by atoms with van der Waals surface area (Å²) in [4.78, 5) is 35.9. The zero-order valence-electron chi connectivity index (χ0n) is 24.3. The Morgan fingerprint density at radius 1 is 0.978 bits per heavy atom. The number of hydrogen-bond acceptors (Lipinski definition) is 9. The van der Waals surface area contributed by atoms with Crippen molar-refractivity contribution in [2.75, 3.05) is 51.4 Å². The summed E-state index contributed by atoms with van der Waals surface area (Å²) in [6, 6.07) is 6.52. The lowest BCUT2D eigenvalue weighted by atomic mass is 10.2. The predicted octanol–water partition coefficient (Wildman–Crippen LogP) is 4.36. The number of carbonyl (C=O) groups excluding carboxylic acids is 1. The van der Waals surface area contributed by atoms with E-state index >= 15 is 0 Å². The van der Waals surface area contributed by atoms with E-state index in [1.807, 2.05) is 0 Å². The van der Waals surface area contributed by atoms with Gasteiger partial charge < -0.3 is 19.3 Å². The smallest absolute Gasteiger partial charge is 0.422 e. The highest BCUT2D eigenvalue weighted by molar-refractivity contribution is 8.00. The van der Waals surface area contributed by atoms with Crippen molar-refractivity contribution in [1.29, 1.82) is 0 Å². The van der Waals surface area contributed by atoms with E-state index in [0.29, 0.717) is 49.9 Å². The average Bonchev–Trinajstić information content (AvgIpc) is 3.00. The fourth-order valence-electron chi connectivity index (χ4n) is 4.44. The Kier molecular flexibility index (Phi) is 11.0. The lowest BCUT2D eigenvalue weighted by Gasteiger charge is -2.34. The number of carbonyl (C=O) groups is 1. The number of halogens is 6. The summed E-state index contributed by atoms with van der Waals surface area (Å²) in [6.45, 7) is 2.82. The summed E-state index contributed by atoms with van der Waals surface area (Å²) < 4.78 is 91.4. The molecule has 0 aliphatic carbocycles. The van der Waals surface area contributed by atoms with Crippen molar-refractivity contribution in [2.24, 2.45) is 0 Å². The second kappa shape index (κ2) is 14.5. The van der Waals surface area contributed by atoms with Crippen molar-refractivity contribution >= 4 is 23.6 Å². The molecule has 1 aliphatic rings. The van der Waals surface area contributed by atoms with Gasteiger partial charge in [0.2, 0.25) is 11.9 Å². The zero-order valence-corrected chi connectivity index (χ0v) is 25.1. The number of alkyl halides is 6. The molecule has 1 aromatic carbocycles. The number of thioether (sulfide) groups is 1. The minimum absolute atomic E-state index is 0.0171. The van der Waals surface area contributed by atoms with Gasteiger partial charge in [-0.1, -0.05) is 19.1 Å². The normalized spacial score (nSPS) is 14.8. The lowest BCUT2D eigenvalue weighted by molar-refractivity contribution is -0.141. The third-order valence-electron chi connectivity index (χ3n) is 6.81. The predicted molar refractivity (Wildman–Crippen MR) is 152 cm³/mol. The first kappa shape index (κ1) is 34.0. The highest BCUT2D eigenvalue weighted by atomic mass is 32.2. The molecule has 244 valence electrons. The molecular weight excluding hydrogens is 630 g/mol. The number of methoxy groups -OCH3 is 1. The Bertz CT molecular complexity index is 1490. The summed E-state index contributed by atoms with van der Waals surface area (Å²) in [6.07, 6.45) is -6.95. The van der Waals surface area contributed by atoms with Crippen LogP contribution in [0.2, 0.25) is 0 Å². The first-order chi connectivity index (χ1) is 21.3. The minimum atomic E-state index is -4.90. The molecule has 1 amide bonds. The minimum Gasteiger partial charge on any atom is -0.497 e. The molecule has 1 saturated heterocycles. The van der Waals surface area contributed by atoms with Crippen molar-refractivity contribution in [3.8, 4) is 5.75 Å². The van der Waals surface area contributed by atoms with Crippen molar-refractivity contribution in [2.45, 2.75) is 42.4 Å². The number of benzene rings is 1. The molecule has 1 aliphatic heterocycles. The van der Waals surface area contributed by atoms with Crippen LogP contribution in [0.1, 0.15) is 30.0 Å². The summed E-state index contributed by atoms with van der Waals surface area (Å²) >= 11 is 0.806. The highest BCUT2D eigenvalue weighted by Crippen LogP contribution is 2.35. The standard InChI is InChI=1S/C28H30F6N6O4S/c1-18(45-22-15-37-40(25(42)24(22)28(32,33)34)16-19-3-5-21(43-2)6-4-19)17-44-12-7-23(41)38-8-10-39(11-9-38)26-35-13-20(14-36-26)27(29,30)31/h3-6,13-15,18H,7-12,16-17H2,1-2H3/t18-/m0/s1. The van der Waals surface area contributed by atoms with E-state index in [2.05, 4.69) is 15.1 Å². The molecule has 0 N–H and O–H groups in total. The molecular formula is C28H30F6N6O4S. The number of nitrogens with zero attached hydrogens (tertiary/aromatic N) is 6. The van der Waals surface area contributed by atoms with Gasteiger partial charge in [-0.25, -0.2) is 14.6 Å². The average molecular weight is 661 g/mol. The van der Waals surface area contributed by atoms with Crippen molar-refractivity contribution in [3.63, 3.8) is 0 Å². The Morgan fingerprint density at radius 2 is 1.62 bits per heavy atom. The van der Waals surface area contributed by atoms with E-state index in [9.17, 15) is 35.9 Å². The van der Waals surface area contributed by atoms with E-state index in [1.165, 1.54) is 7.11 Å². The Morgan fingerprint density at radius 3 is 2.20 bits per heavy atom. The molecule has 45 heavy (non-hydrogen) atoms. The van der Waals surface area contributed by atoms with E-state index in [4.69, 9.17) is 9.47 Å². The number of rotatable bonds is 11. The molecule has 2 aromatic heterocycles. The Labute approximate surface area is 258 Å². The molecule has 3 heterocycles. The van der Waals surface area contributed by atoms with E-state index in [1.54, 1.807) is 41.0 Å². The molecule has 17 heteroatoms. The maximum atomic E-state index is 13.9. The summed E-state index contributed by atoms with van der Waals surface area (Å²) in [5, 5.41) is 3.46. The number of aromatic nitrogens is 4. The van der Waals surface area contributed by atoms with Gasteiger partial charge >= 0.3 is 12.4 Å². The van der Waals surface area contributed by atoms with Gasteiger partial charge in [0.25, 0.3) is 5.56 Å². The third-order valence-corrected chi connectivity index (χ3v) is 7.91. The monoisotopic (exact) mass is 660 g/mol. The van der Waals surface area contributed by atoms with Gasteiger partial charge in [0.05, 0.1) is 45.0 Å². The number of hydrogen-bond donors (Lipinski definition) is 0. The molecule has 10 nitrogen and oxygen atoms in total. The topological polar surface area (TPSA) is 103 Å². The van der Waals surface area contributed by atoms with Crippen molar-refractivity contribution in [3.05, 3.63) is 69.9 Å². The Hall–Kier alpha value is -3.86. The number of anilines is 1. The van der Waals surface area contributed by atoms with Crippen LogP contribution in [0.25, 0.3) is 0 Å². The highest BCUT2D eigenvalue weighted by Gasteiger charge is 2.38. The largest absolute Gasteiger partial charge is 0.497 e. The van der Waals surface area contributed by atoms with Crippen LogP contribution in [0.3, 0.4) is 0 Å². The number of piperazine rings is 1. The van der Waals surface area contributed by atoms with E-state index in [-0.39, 0.29) is 42.9 Å². The molecule has 0 radical (unpaired) electrons. The zero-order chi connectivity index (χ0) is 32.8. The van der Waals surface area contributed by atoms with Crippen LogP contribution in [-0.2, 0) is 28.4 Å². The summed E-state index contributed by atoms with van der Waals surface area (Å²) in [5.41, 5.74) is -2.94. The molecule has 0 bridgehead atoms. The second-order valence-electron chi connectivity index (χ2n) is 10.1. The summed E-state index contributed by atoms with van der Waals surface area (Å²) in [7, 11) is 1.48. The summed E-state index contributed by atoms with van der Waals surface area (Å²) in [5.74, 6) is 0.506. The van der Waals surface area contributed by atoms with Crippen LogP contribution in [0.15, 0.2) is 52.5 Å². The van der Waals surface area contributed by atoms with Gasteiger partial charge in [-0.05, 0) is 17.7 Å². The molecule has 1 atom stereocenters. The van der Waals surface area contributed by atoms with E-state index < -0.39 is 34.3 Å². The molecule has 4 rings (SSSR count). The maximum Gasteiger partial charge on any atom is 0.422 e. The van der Waals surface area contributed by atoms with Crippen LogP contribution in [0, 0.1) is 0 Å². The SMILES string of the molecule is COc1ccc(Cn2ncc(S[C@@H](C)COCCC(=O)N3CCN(c4ncc(C(F)(F)F)cn4)CC3)c(C(F)(F)F)c2=O)cc1. The number of amides is 1. The Balaban J connectivity index is 1.24. The second-order valence-corrected chi connectivity index (χ2v) is 11.6. The van der Waals surface area contributed by atoms with Gasteiger partial charge in [0, 0.05) is 48.7 Å². The number of ether oxygens (including phenoxy) is 2. The van der Waals surface area contributed by atoms with Gasteiger partial charge in [0.1, 0.15) is 11.3 Å². The molecule has 0 unspecified atom stereocenters. The first-order valence-corrected chi connectivity index (χ1v) is 14.6. The fourth-order valence-corrected chi connectivity index (χ4v) is 5.47. The third kappa shape index (κ3) is 9.09. The van der Waals surface area contributed by atoms with Gasteiger partial charge in [-0.3, -0.25) is 9.59 Å². The molecule has 0 spiro atoms. The first-order valence-electron chi connectivity index (χ1n) is 13.7. The van der Waals surface area contributed by atoms with Gasteiger partial charge in [-0.2, -0.15) is 31.4 Å². The maximum absolute atomic E-state index is 13.9.